The number of hydrogen-bond acceptors (Lipinski definition) is 4. The Morgan fingerprint density at radius 1 is 1.64 bits per heavy atom. The van der Waals surface area contributed by atoms with E-state index in [1.807, 2.05) is 0 Å². The van der Waals surface area contributed by atoms with Crippen LogP contribution in [0.3, 0.4) is 0 Å². The molecule has 0 fully saturated rings. The van der Waals surface area contributed by atoms with Crippen molar-refractivity contribution in [2.24, 2.45) is 5.73 Å². The van der Waals surface area contributed by atoms with E-state index in [9.17, 15) is 0 Å². The third kappa shape index (κ3) is 2.28. The van der Waals surface area contributed by atoms with Crippen LogP contribution in [-0.2, 0) is 13.2 Å². The summed E-state index contributed by atoms with van der Waals surface area (Å²) in [6.45, 7) is 1.36. The van der Waals surface area contributed by atoms with Crippen LogP contribution in [0.4, 0.5) is 0 Å². The van der Waals surface area contributed by atoms with Gasteiger partial charge in [-0.25, -0.2) is 0 Å². The van der Waals surface area contributed by atoms with Crippen molar-refractivity contribution in [2.45, 2.75) is 19.6 Å². The second-order valence-corrected chi connectivity index (χ2v) is 2.27. The van der Waals surface area contributed by atoms with Crippen molar-refractivity contribution in [3.8, 4) is 0 Å². The number of aliphatic hydroxyl groups is 1. The van der Waals surface area contributed by atoms with Gasteiger partial charge in [-0.3, -0.25) is 4.68 Å². The summed E-state index contributed by atoms with van der Waals surface area (Å²) in [5.74, 6) is 0. The second-order valence-electron chi connectivity index (χ2n) is 2.27. The van der Waals surface area contributed by atoms with Crippen LogP contribution in [0, 0.1) is 0 Å². The summed E-state index contributed by atoms with van der Waals surface area (Å²) in [5, 5.41) is 16.1. The van der Waals surface area contributed by atoms with Gasteiger partial charge in [0.15, 0.2) is 0 Å². The molecule has 0 atom stereocenters. The molecule has 0 unspecified atom stereocenters. The first-order valence-electron chi connectivity index (χ1n) is 3.56. The second kappa shape index (κ2) is 4.05. The molecule has 0 radical (unpaired) electrons. The highest BCUT2D eigenvalue weighted by atomic mass is 16.3. The van der Waals surface area contributed by atoms with Crippen LogP contribution in [-0.4, -0.2) is 26.6 Å². The summed E-state index contributed by atoms with van der Waals surface area (Å²) >= 11 is 0. The molecule has 0 saturated carbocycles. The van der Waals surface area contributed by atoms with Crippen molar-refractivity contribution in [1.82, 2.24) is 15.0 Å². The zero-order valence-corrected chi connectivity index (χ0v) is 6.27. The highest BCUT2D eigenvalue weighted by Crippen LogP contribution is 1.92. The number of aryl methyl sites for hydroxylation is 1. The fourth-order valence-electron chi connectivity index (χ4n) is 0.774. The maximum Gasteiger partial charge on any atom is 0.108 e. The molecular formula is C6H12N4O. The molecule has 5 nitrogen and oxygen atoms in total. The zero-order valence-electron chi connectivity index (χ0n) is 6.27. The van der Waals surface area contributed by atoms with Crippen LogP contribution in [0.1, 0.15) is 12.1 Å². The molecule has 1 aromatic heterocycles. The summed E-state index contributed by atoms with van der Waals surface area (Å²) in [7, 11) is 0. The molecule has 11 heavy (non-hydrogen) atoms. The zero-order chi connectivity index (χ0) is 8.10. The molecule has 1 heterocycles. The van der Waals surface area contributed by atoms with Crippen LogP contribution in [0.15, 0.2) is 6.20 Å². The largest absolute Gasteiger partial charge is 0.390 e. The fourth-order valence-corrected chi connectivity index (χ4v) is 0.774. The standard InChI is InChI=1S/C6H12N4O/c7-2-1-3-10-4-6(5-11)8-9-10/h4,11H,1-3,5,7H2. The Morgan fingerprint density at radius 3 is 3.00 bits per heavy atom. The molecule has 0 bridgehead atoms. The van der Waals surface area contributed by atoms with Gasteiger partial charge in [0.25, 0.3) is 0 Å². The lowest BCUT2D eigenvalue weighted by Gasteiger charge is -1.94. The van der Waals surface area contributed by atoms with Crippen LogP contribution in [0.5, 0.6) is 0 Å². The highest BCUT2D eigenvalue weighted by Gasteiger charge is 1.96. The molecule has 3 N–H and O–H groups in total. The van der Waals surface area contributed by atoms with Crippen molar-refractivity contribution in [3.63, 3.8) is 0 Å². The number of aliphatic hydroxyl groups excluding tert-OH is 1. The minimum atomic E-state index is -0.0530. The van der Waals surface area contributed by atoms with Gasteiger partial charge >= 0.3 is 0 Å². The number of hydrogen-bond donors (Lipinski definition) is 2. The molecule has 0 spiro atoms. The van der Waals surface area contributed by atoms with Crippen LogP contribution < -0.4 is 5.73 Å². The average molecular weight is 156 g/mol. The summed E-state index contributed by atoms with van der Waals surface area (Å²) < 4.78 is 1.68. The summed E-state index contributed by atoms with van der Waals surface area (Å²) in [6.07, 6.45) is 2.60. The number of aromatic nitrogens is 3. The Kier molecular flexibility index (Phi) is 3.00. The normalized spacial score (nSPS) is 10.4. The maximum absolute atomic E-state index is 8.64. The first kappa shape index (κ1) is 8.16. The van der Waals surface area contributed by atoms with Gasteiger partial charge in [0.1, 0.15) is 5.69 Å². The van der Waals surface area contributed by atoms with Gasteiger partial charge in [-0.2, -0.15) is 0 Å². The first-order valence-corrected chi connectivity index (χ1v) is 3.56. The molecule has 0 saturated heterocycles. The Morgan fingerprint density at radius 2 is 2.45 bits per heavy atom. The Balaban J connectivity index is 2.44. The van der Waals surface area contributed by atoms with Crippen LogP contribution in [0.2, 0.25) is 0 Å². The molecule has 0 aliphatic heterocycles. The quantitative estimate of drug-likeness (QED) is 0.593. The third-order valence-electron chi connectivity index (χ3n) is 1.34. The van der Waals surface area contributed by atoms with Crippen molar-refractivity contribution >= 4 is 0 Å². The Labute approximate surface area is 64.8 Å². The van der Waals surface area contributed by atoms with Gasteiger partial charge in [-0.1, -0.05) is 5.21 Å². The third-order valence-corrected chi connectivity index (χ3v) is 1.34. The predicted molar refractivity (Wildman–Crippen MR) is 39.6 cm³/mol. The molecule has 0 amide bonds. The van der Waals surface area contributed by atoms with E-state index in [2.05, 4.69) is 10.3 Å². The van der Waals surface area contributed by atoms with Gasteiger partial charge < -0.3 is 10.8 Å². The molecule has 0 aliphatic carbocycles. The molecule has 0 aromatic carbocycles. The van der Waals surface area contributed by atoms with Crippen LogP contribution in [0.25, 0.3) is 0 Å². The molecule has 1 aromatic rings. The van der Waals surface area contributed by atoms with Crippen molar-refractivity contribution in [3.05, 3.63) is 11.9 Å². The predicted octanol–water partition coefficient (Wildman–Crippen LogP) is -0.881. The molecular weight excluding hydrogens is 144 g/mol. The minimum absolute atomic E-state index is 0.0530. The maximum atomic E-state index is 8.64. The van der Waals surface area contributed by atoms with Crippen molar-refractivity contribution in [2.75, 3.05) is 6.54 Å². The monoisotopic (exact) mass is 156 g/mol. The van der Waals surface area contributed by atoms with Gasteiger partial charge in [0, 0.05) is 6.54 Å². The lowest BCUT2D eigenvalue weighted by molar-refractivity contribution is 0.276. The summed E-state index contributed by atoms with van der Waals surface area (Å²) in [6, 6.07) is 0. The van der Waals surface area contributed by atoms with Crippen molar-refractivity contribution in [1.29, 1.82) is 0 Å². The van der Waals surface area contributed by atoms with E-state index in [1.54, 1.807) is 10.9 Å². The number of nitrogens with zero attached hydrogens (tertiary/aromatic N) is 3. The van der Waals surface area contributed by atoms with E-state index in [0.717, 1.165) is 13.0 Å². The SMILES string of the molecule is NCCCn1cc(CO)nn1. The van der Waals surface area contributed by atoms with Gasteiger partial charge in [-0.15, -0.1) is 5.10 Å². The topological polar surface area (TPSA) is 77.0 Å². The van der Waals surface area contributed by atoms with Crippen molar-refractivity contribution < 1.29 is 5.11 Å². The minimum Gasteiger partial charge on any atom is -0.390 e. The van der Waals surface area contributed by atoms with Gasteiger partial charge in [0.05, 0.1) is 12.8 Å². The number of rotatable bonds is 4. The smallest absolute Gasteiger partial charge is 0.108 e. The summed E-state index contributed by atoms with van der Waals surface area (Å²) in [5.41, 5.74) is 5.90. The van der Waals surface area contributed by atoms with Gasteiger partial charge in [-0.05, 0) is 13.0 Å². The highest BCUT2D eigenvalue weighted by molar-refractivity contribution is 4.88. The average Bonchev–Trinajstić information content (AvgIpc) is 2.48. The summed E-state index contributed by atoms with van der Waals surface area (Å²) in [4.78, 5) is 0. The lowest BCUT2D eigenvalue weighted by Crippen LogP contribution is -2.06. The molecule has 5 heteroatoms. The molecule has 62 valence electrons. The fraction of sp³-hybridized carbons (Fsp3) is 0.667. The first-order chi connectivity index (χ1) is 5.36. The molecule has 0 aliphatic rings. The van der Waals surface area contributed by atoms with E-state index in [4.69, 9.17) is 10.8 Å². The van der Waals surface area contributed by atoms with E-state index < -0.39 is 0 Å². The number of nitrogens with two attached hydrogens (primary N) is 1. The Hall–Kier alpha value is -0.940. The van der Waals surface area contributed by atoms with E-state index in [-0.39, 0.29) is 6.61 Å². The van der Waals surface area contributed by atoms with E-state index in [0.29, 0.717) is 12.2 Å². The lowest BCUT2D eigenvalue weighted by atomic mass is 10.4. The van der Waals surface area contributed by atoms with Crippen LogP contribution >= 0.6 is 0 Å². The van der Waals surface area contributed by atoms with E-state index in [1.165, 1.54) is 0 Å². The molecule has 1 rings (SSSR count). The van der Waals surface area contributed by atoms with Gasteiger partial charge in [0.2, 0.25) is 0 Å². The van der Waals surface area contributed by atoms with E-state index >= 15 is 0 Å². The Bertz CT molecular complexity index is 210.